The molecule has 0 amide bonds. The molecule has 0 aliphatic heterocycles. The number of aromatic nitrogens is 2. The molecule has 0 saturated heterocycles. The Morgan fingerprint density at radius 3 is 1.88 bits per heavy atom. The lowest BCUT2D eigenvalue weighted by molar-refractivity contribution is 1.33. The van der Waals surface area contributed by atoms with Gasteiger partial charge >= 0.3 is 0 Å². The third kappa shape index (κ3) is 0.858. The Balaban J connectivity index is 2.45. The zero-order valence-corrected chi connectivity index (χ0v) is 8.20. The molecule has 0 spiro atoms. The zero-order valence-electron chi connectivity index (χ0n) is 8.20. The van der Waals surface area contributed by atoms with E-state index in [-0.39, 0.29) is 5.57 Å². The van der Waals surface area contributed by atoms with Crippen LogP contribution >= 0.6 is 0 Å². The van der Waals surface area contributed by atoms with Crippen LogP contribution in [0.2, 0.25) is 0 Å². The summed E-state index contributed by atoms with van der Waals surface area (Å²) in [6, 6.07) is 7.66. The molecule has 16 heavy (non-hydrogen) atoms. The second kappa shape index (κ2) is 2.88. The van der Waals surface area contributed by atoms with Crippen molar-refractivity contribution in [2.45, 2.75) is 0 Å². The number of nitrogens with one attached hydrogen (secondary N) is 2. The van der Waals surface area contributed by atoms with E-state index >= 15 is 0 Å². The Bertz CT molecular complexity index is 627. The van der Waals surface area contributed by atoms with E-state index in [0.717, 1.165) is 28.1 Å². The van der Waals surface area contributed by atoms with Gasteiger partial charge in [-0.25, -0.2) is 0 Å². The molecule has 0 saturated carbocycles. The number of aromatic amines is 2. The van der Waals surface area contributed by atoms with Crippen LogP contribution in [0.4, 0.5) is 0 Å². The normalized spacial score (nSPS) is 11.5. The number of nitriles is 2. The highest BCUT2D eigenvalue weighted by Gasteiger charge is 2.28. The average Bonchev–Trinajstić information content (AvgIpc) is 2.95. The minimum atomic E-state index is 0.152. The average molecular weight is 206 g/mol. The minimum Gasteiger partial charge on any atom is -0.359 e. The predicted molar refractivity (Wildman–Crippen MR) is 57.8 cm³/mol. The van der Waals surface area contributed by atoms with Crippen molar-refractivity contribution in [3.8, 4) is 23.5 Å². The van der Waals surface area contributed by atoms with Crippen molar-refractivity contribution in [2.24, 2.45) is 0 Å². The summed E-state index contributed by atoms with van der Waals surface area (Å²) in [6.07, 6.45) is 3.61. The number of nitrogens with zero attached hydrogens (tertiary/aromatic N) is 2. The van der Waals surface area contributed by atoms with Crippen LogP contribution in [0.1, 0.15) is 11.1 Å². The molecule has 2 N–H and O–H groups in total. The maximum Gasteiger partial charge on any atom is 0.138 e. The Morgan fingerprint density at radius 1 is 0.938 bits per heavy atom. The van der Waals surface area contributed by atoms with Crippen molar-refractivity contribution in [1.82, 2.24) is 9.97 Å². The second-order valence-electron chi connectivity index (χ2n) is 3.51. The van der Waals surface area contributed by atoms with Crippen LogP contribution in [-0.4, -0.2) is 9.97 Å². The van der Waals surface area contributed by atoms with E-state index in [1.54, 1.807) is 12.4 Å². The molecule has 3 rings (SSSR count). The fourth-order valence-corrected chi connectivity index (χ4v) is 2.12. The first-order valence-electron chi connectivity index (χ1n) is 4.77. The molecule has 4 nitrogen and oxygen atoms in total. The van der Waals surface area contributed by atoms with Crippen molar-refractivity contribution in [2.75, 3.05) is 0 Å². The molecule has 0 radical (unpaired) electrons. The Labute approximate surface area is 91.5 Å². The van der Waals surface area contributed by atoms with Gasteiger partial charge in [-0.15, -0.1) is 0 Å². The summed E-state index contributed by atoms with van der Waals surface area (Å²) in [4.78, 5) is 6.22. The van der Waals surface area contributed by atoms with Gasteiger partial charge in [-0.05, 0) is 12.1 Å². The highest BCUT2D eigenvalue weighted by molar-refractivity contribution is 6.01. The van der Waals surface area contributed by atoms with Crippen molar-refractivity contribution in [1.29, 1.82) is 10.5 Å². The second-order valence-corrected chi connectivity index (χ2v) is 3.51. The summed E-state index contributed by atoms with van der Waals surface area (Å²) in [5.41, 5.74) is 4.59. The summed E-state index contributed by atoms with van der Waals surface area (Å²) in [5, 5.41) is 17.9. The fraction of sp³-hybridized carbons (Fsp3) is 0. The molecule has 0 unspecified atom stereocenters. The van der Waals surface area contributed by atoms with E-state index in [4.69, 9.17) is 10.5 Å². The maximum atomic E-state index is 8.96. The number of rotatable bonds is 0. The molecule has 2 heterocycles. The monoisotopic (exact) mass is 206 g/mol. The Morgan fingerprint density at radius 2 is 1.44 bits per heavy atom. The van der Waals surface area contributed by atoms with E-state index in [1.807, 2.05) is 24.3 Å². The Hall–Kier alpha value is -2.72. The lowest BCUT2D eigenvalue weighted by atomic mass is 10.0. The van der Waals surface area contributed by atoms with Gasteiger partial charge in [0.1, 0.15) is 17.7 Å². The first-order valence-corrected chi connectivity index (χ1v) is 4.77. The maximum absolute atomic E-state index is 8.96. The van der Waals surface area contributed by atoms with Crippen LogP contribution in [0.25, 0.3) is 17.0 Å². The molecule has 0 bridgehead atoms. The van der Waals surface area contributed by atoms with Gasteiger partial charge in [0.05, 0.1) is 11.4 Å². The largest absolute Gasteiger partial charge is 0.359 e. The fourth-order valence-electron chi connectivity index (χ4n) is 2.12. The molecule has 0 atom stereocenters. The first-order chi connectivity index (χ1) is 7.86. The molecule has 2 aromatic rings. The van der Waals surface area contributed by atoms with E-state index < -0.39 is 0 Å². The summed E-state index contributed by atoms with van der Waals surface area (Å²) >= 11 is 0. The van der Waals surface area contributed by atoms with Crippen LogP contribution in [0, 0.1) is 22.7 Å². The smallest absolute Gasteiger partial charge is 0.138 e. The molecular weight excluding hydrogens is 200 g/mol. The molecule has 1 aliphatic rings. The topological polar surface area (TPSA) is 79.2 Å². The number of fused-ring (bicyclic) bond motifs is 3. The van der Waals surface area contributed by atoms with E-state index in [1.165, 1.54) is 0 Å². The molecule has 74 valence electrons. The van der Waals surface area contributed by atoms with Crippen LogP contribution < -0.4 is 0 Å². The van der Waals surface area contributed by atoms with Crippen molar-refractivity contribution in [3.05, 3.63) is 41.2 Å². The van der Waals surface area contributed by atoms with Gasteiger partial charge in [-0.2, -0.15) is 10.5 Å². The third-order valence-corrected chi connectivity index (χ3v) is 2.76. The molecule has 0 aromatic carbocycles. The van der Waals surface area contributed by atoms with E-state index in [2.05, 4.69) is 9.97 Å². The highest BCUT2D eigenvalue weighted by atomic mass is 14.8. The number of hydrogen-bond donors (Lipinski definition) is 2. The first kappa shape index (κ1) is 8.58. The van der Waals surface area contributed by atoms with Crippen LogP contribution in [0.15, 0.2) is 30.1 Å². The van der Waals surface area contributed by atoms with Gasteiger partial charge in [-0.1, -0.05) is 0 Å². The standard InChI is InChI=1S/C12H6N4/c13-5-7(6-14)10-8-1-3-15-11(8)12-9(10)2-4-16-12/h1-4,15-16H. The van der Waals surface area contributed by atoms with E-state index in [0.29, 0.717) is 0 Å². The van der Waals surface area contributed by atoms with Crippen molar-refractivity contribution < 1.29 is 0 Å². The Kier molecular flexibility index (Phi) is 1.55. The van der Waals surface area contributed by atoms with Gasteiger partial charge in [0.25, 0.3) is 0 Å². The quantitative estimate of drug-likeness (QED) is 0.553. The summed E-state index contributed by atoms with van der Waals surface area (Å²) in [5.74, 6) is 0. The third-order valence-electron chi connectivity index (χ3n) is 2.76. The van der Waals surface area contributed by atoms with Gasteiger partial charge in [0.2, 0.25) is 0 Å². The number of allylic oxidation sites excluding steroid dienone is 1. The van der Waals surface area contributed by atoms with Gasteiger partial charge in [-0.3, -0.25) is 0 Å². The predicted octanol–water partition coefficient (Wildman–Crippen LogP) is 2.17. The number of hydrogen-bond acceptors (Lipinski definition) is 2. The van der Waals surface area contributed by atoms with Crippen molar-refractivity contribution in [3.63, 3.8) is 0 Å². The van der Waals surface area contributed by atoms with Crippen LogP contribution in [-0.2, 0) is 0 Å². The number of H-pyrrole nitrogens is 2. The molecule has 1 aliphatic carbocycles. The summed E-state index contributed by atoms with van der Waals surface area (Å²) in [7, 11) is 0. The van der Waals surface area contributed by atoms with Crippen LogP contribution in [0.3, 0.4) is 0 Å². The van der Waals surface area contributed by atoms with Crippen LogP contribution in [0.5, 0.6) is 0 Å². The highest BCUT2D eigenvalue weighted by Crippen LogP contribution is 2.43. The molecular formula is C12H6N4. The lowest BCUT2D eigenvalue weighted by Crippen LogP contribution is -1.84. The SMILES string of the molecule is N#CC(C#N)=C1c2cc[nH]c2-c2[nH]ccc21. The molecule has 0 fully saturated rings. The van der Waals surface area contributed by atoms with Gasteiger partial charge in [0, 0.05) is 29.1 Å². The lowest BCUT2D eigenvalue weighted by Gasteiger charge is -1.96. The minimum absolute atomic E-state index is 0.152. The summed E-state index contributed by atoms with van der Waals surface area (Å²) < 4.78 is 0. The van der Waals surface area contributed by atoms with E-state index in [9.17, 15) is 0 Å². The van der Waals surface area contributed by atoms with Gasteiger partial charge < -0.3 is 9.97 Å². The van der Waals surface area contributed by atoms with Crippen molar-refractivity contribution >= 4 is 5.57 Å². The van der Waals surface area contributed by atoms with Gasteiger partial charge in [0.15, 0.2) is 0 Å². The summed E-state index contributed by atoms with van der Waals surface area (Å²) in [6.45, 7) is 0. The molecule has 2 aromatic heterocycles. The zero-order chi connectivity index (χ0) is 11.1. The molecule has 4 heteroatoms.